The lowest BCUT2D eigenvalue weighted by atomic mass is 9.90. The molecule has 2 unspecified atom stereocenters. The second-order valence-electron chi connectivity index (χ2n) is 7.28. The van der Waals surface area contributed by atoms with E-state index >= 15 is 0 Å². The molecule has 0 radical (unpaired) electrons. The number of methoxy groups -OCH3 is 1. The zero-order chi connectivity index (χ0) is 18.9. The van der Waals surface area contributed by atoms with Crippen molar-refractivity contribution in [3.05, 3.63) is 54.1 Å². The monoisotopic (exact) mass is 388 g/mol. The van der Waals surface area contributed by atoms with E-state index in [1.54, 1.807) is 31.4 Å². The maximum atomic E-state index is 12.9. The van der Waals surface area contributed by atoms with Gasteiger partial charge < -0.3 is 14.0 Å². The molecule has 1 N–H and O–H groups in total. The molecule has 144 valence electrons. The highest BCUT2D eigenvalue weighted by molar-refractivity contribution is 7.96. The zero-order valence-electron chi connectivity index (χ0n) is 15.3. The maximum absolute atomic E-state index is 12.9. The number of ether oxygens (including phenoxy) is 2. The summed E-state index contributed by atoms with van der Waals surface area (Å²) in [5, 5.41) is 0. The highest BCUT2D eigenvalue weighted by Gasteiger charge is 2.46. The van der Waals surface area contributed by atoms with Gasteiger partial charge in [-0.15, -0.1) is 4.72 Å². The lowest BCUT2D eigenvalue weighted by molar-refractivity contribution is 0.0891. The zero-order valence-corrected chi connectivity index (χ0v) is 16.2. The number of piperidine rings is 1. The first-order valence-electron chi connectivity index (χ1n) is 9.11. The van der Waals surface area contributed by atoms with Crippen molar-refractivity contribution in [3.8, 4) is 11.5 Å². The van der Waals surface area contributed by atoms with Gasteiger partial charge >= 0.3 is 0 Å². The molecular formula is C20H24N2O4S. The number of likely N-dealkylation sites (tertiary alicyclic amines) is 1. The van der Waals surface area contributed by atoms with Gasteiger partial charge in [-0.25, -0.2) is 0 Å². The Kier molecular flexibility index (Phi) is 4.94. The minimum atomic E-state index is -3.61. The Bertz CT molecular complexity index is 857. The Morgan fingerprint density at radius 1 is 1.26 bits per heavy atom. The summed E-state index contributed by atoms with van der Waals surface area (Å²) in [5.74, 6) is 1.26. The summed E-state index contributed by atoms with van der Waals surface area (Å²) in [6.45, 7) is 2.65. The Balaban J connectivity index is 1.52. The fraction of sp³-hybridized carbons (Fsp3) is 0.400. The minimum Gasteiger partial charge on any atom is -0.593 e. The molecule has 0 amide bonds. The molecule has 2 aromatic rings. The largest absolute Gasteiger partial charge is 0.593 e. The van der Waals surface area contributed by atoms with Crippen molar-refractivity contribution >= 4 is 10.4 Å². The van der Waals surface area contributed by atoms with E-state index in [1.807, 2.05) is 24.3 Å². The predicted molar refractivity (Wildman–Crippen MR) is 102 cm³/mol. The number of fused-ring (bicyclic) bond motifs is 1. The number of hydrogen-bond donors (Lipinski definition) is 1. The molecule has 0 aliphatic carbocycles. The van der Waals surface area contributed by atoms with Crippen molar-refractivity contribution in [2.75, 3.05) is 26.8 Å². The van der Waals surface area contributed by atoms with Crippen LogP contribution in [0.4, 0.5) is 0 Å². The molecule has 2 atom stereocenters. The summed E-state index contributed by atoms with van der Waals surface area (Å²) >= 11 is 0. The van der Waals surface area contributed by atoms with Gasteiger partial charge in [-0.1, -0.05) is 28.5 Å². The Hall–Kier alpha value is -1.93. The first kappa shape index (κ1) is 18.4. The van der Waals surface area contributed by atoms with E-state index in [9.17, 15) is 8.76 Å². The molecule has 27 heavy (non-hydrogen) atoms. The number of rotatable bonds is 3. The lowest BCUT2D eigenvalue weighted by Gasteiger charge is -2.41. The van der Waals surface area contributed by atoms with E-state index in [-0.39, 0.29) is 4.90 Å². The van der Waals surface area contributed by atoms with Gasteiger partial charge in [-0.2, -0.15) is 0 Å². The number of nitrogens with zero attached hydrogens (tertiary/aromatic N) is 1. The van der Waals surface area contributed by atoms with Crippen LogP contribution in [0.1, 0.15) is 18.4 Å². The molecule has 0 bridgehead atoms. The molecule has 6 nitrogen and oxygen atoms in total. The van der Waals surface area contributed by atoms with Crippen LogP contribution in [0.2, 0.25) is 0 Å². The smallest absolute Gasteiger partial charge is 0.216 e. The molecule has 2 aliphatic heterocycles. The fourth-order valence-electron chi connectivity index (χ4n) is 3.93. The molecule has 1 saturated heterocycles. The molecule has 2 aliphatic rings. The fourth-order valence-corrected chi connectivity index (χ4v) is 5.48. The average Bonchev–Trinajstić information content (AvgIpc) is 2.77. The van der Waals surface area contributed by atoms with Gasteiger partial charge in [0.2, 0.25) is 4.90 Å². The van der Waals surface area contributed by atoms with Gasteiger partial charge in [0, 0.05) is 13.1 Å². The summed E-state index contributed by atoms with van der Waals surface area (Å²) in [5.41, 5.74) is 0.566. The highest BCUT2D eigenvalue weighted by Crippen LogP contribution is 2.35. The second kappa shape index (κ2) is 7.24. The Morgan fingerprint density at radius 3 is 2.81 bits per heavy atom. The van der Waals surface area contributed by atoms with Crippen LogP contribution >= 0.6 is 0 Å². The van der Waals surface area contributed by atoms with Gasteiger partial charge in [0.25, 0.3) is 0 Å². The van der Waals surface area contributed by atoms with Crippen LogP contribution in [-0.2, 0) is 21.2 Å². The van der Waals surface area contributed by atoms with Crippen molar-refractivity contribution in [1.82, 2.24) is 9.62 Å². The quantitative estimate of drug-likeness (QED) is 0.819. The summed E-state index contributed by atoms with van der Waals surface area (Å²) in [6.07, 6.45) is 1.68. The van der Waals surface area contributed by atoms with E-state index < -0.39 is 15.9 Å². The van der Waals surface area contributed by atoms with Crippen molar-refractivity contribution in [2.45, 2.75) is 29.8 Å². The molecule has 1 spiro atoms. The number of sulfonamides is 1. The van der Waals surface area contributed by atoms with Gasteiger partial charge in [0.05, 0.1) is 7.11 Å². The van der Waals surface area contributed by atoms with Crippen LogP contribution in [0.5, 0.6) is 11.5 Å². The summed E-state index contributed by atoms with van der Waals surface area (Å²) < 4.78 is 39.8. The molecule has 4 rings (SSSR count). The Labute approximate surface area is 160 Å². The predicted octanol–water partition coefficient (Wildman–Crippen LogP) is 2.62. The first-order chi connectivity index (χ1) is 13.0. The summed E-state index contributed by atoms with van der Waals surface area (Å²) in [4.78, 5) is 2.50. The first-order valence-corrected chi connectivity index (χ1v) is 10.6. The second-order valence-corrected chi connectivity index (χ2v) is 8.93. The number of hydrogen-bond acceptors (Lipinski definition) is 5. The van der Waals surface area contributed by atoms with Crippen molar-refractivity contribution in [3.63, 3.8) is 0 Å². The minimum absolute atomic E-state index is 0.217. The van der Waals surface area contributed by atoms with E-state index in [2.05, 4.69) is 9.62 Å². The third-order valence-corrected chi connectivity index (χ3v) is 6.83. The van der Waals surface area contributed by atoms with E-state index in [0.29, 0.717) is 18.9 Å². The van der Waals surface area contributed by atoms with E-state index in [4.69, 9.17) is 9.47 Å². The lowest BCUT2D eigenvalue weighted by Crippen LogP contribution is -2.61. The molecule has 0 saturated carbocycles. The number of benzene rings is 2. The van der Waals surface area contributed by atoms with Crippen LogP contribution < -0.4 is 14.2 Å². The third kappa shape index (κ3) is 3.87. The van der Waals surface area contributed by atoms with Gasteiger partial charge in [-0.3, -0.25) is 4.90 Å². The Morgan fingerprint density at radius 2 is 2.04 bits per heavy atom. The molecule has 2 heterocycles. The third-order valence-electron chi connectivity index (χ3n) is 5.21. The van der Waals surface area contributed by atoms with Crippen LogP contribution in [0.15, 0.2) is 53.4 Å². The molecule has 7 heteroatoms. The molecular weight excluding hydrogens is 364 g/mol. The van der Waals surface area contributed by atoms with Gasteiger partial charge in [0.15, 0.2) is 16.1 Å². The molecule has 1 fully saturated rings. The van der Waals surface area contributed by atoms with E-state index in [0.717, 1.165) is 31.7 Å². The SMILES string of the molecule is COc1ccc(CN2CCCC3(COc4ccccc4[S+](=O)([O-])N3)C2)cc1. The summed E-state index contributed by atoms with van der Waals surface area (Å²) in [6, 6.07) is 14.8. The van der Waals surface area contributed by atoms with Crippen LogP contribution in [0.25, 0.3) is 0 Å². The standard InChI is InChI=1S/C20H24N2O4S/c1-25-17-9-7-16(8-10-17)13-22-12-4-11-20(14-22)15-26-18-5-2-3-6-19(18)27(23,24)21-20/h2-3,5-10H,4,11-15H2,1H3,(H-,21,23,24). The van der Waals surface area contributed by atoms with Crippen molar-refractivity contribution < 1.29 is 18.2 Å². The molecule has 0 aromatic heterocycles. The highest BCUT2D eigenvalue weighted by atomic mass is 32.3. The summed E-state index contributed by atoms with van der Waals surface area (Å²) in [7, 11) is -1.96. The topological polar surface area (TPSA) is 73.9 Å². The van der Waals surface area contributed by atoms with Gasteiger partial charge in [-0.05, 0) is 49.2 Å². The average molecular weight is 388 g/mol. The normalized spacial score (nSPS) is 28.2. The number of para-hydroxylation sites is 1. The van der Waals surface area contributed by atoms with E-state index in [1.165, 1.54) is 5.56 Å². The van der Waals surface area contributed by atoms with Crippen molar-refractivity contribution in [2.24, 2.45) is 0 Å². The van der Waals surface area contributed by atoms with Crippen LogP contribution in [0, 0.1) is 0 Å². The van der Waals surface area contributed by atoms with Crippen molar-refractivity contribution in [1.29, 1.82) is 0 Å². The number of nitrogens with one attached hydrogen (secondary N) is 1. The molecule has 2 aromatic carbocycles. The maximum Gasteiger partial charge on any atom is 0.216 e. The van der Waals surface area contributed by atoms with Crippen LogP contribution in [-0.4, -0.2) is 41.8 Å². The van der Waals surface area contributed by atoms with Crippen LogP contribution in [0.3, 0.4) is 0 Å². The van der Waals surface area contributed by atoms with Gasteiger partial charge in [0.1, 0.15) is 17.9 Å².